The van der Waals surface area contributed by atoms with Crippen LogP contribution in [-0.2, 0) is 12.0 Å². The van der Waals surface area contributed by atoms with E-state index in [1.54, 1.807) is 47.4 Å². The predicted molar refractivity (Wildman–Crippen MR) is 136 cm³/mol. The average molecular weight is 485 g/mol. The van der Waals surface area contributed by atoms with E-state index in [4.69, 9.17) is 0 Å². The summed E-state index contributed by atoms with van der Waals surface area (Å²) in [5, 5.41) is 12.8. The summed E-state index contributed by atoms with van der Waals surface area (Å²) in [5.74, 6) is -0.296. The fraction of sp³-hybridized carbons (Fsp3) is 0.185. The minimum absolute atomic E-state index is 0.0292. The standard InChI is InChI=1S/C27H25FN6O2/c1-27(2,3)23-13-24(34(33-23)17-6-5-11-29-14-17)32-26(36)31-22-10-9-16(12-21(22)28)18-7-4-8-19-20(18)15-30-25(19)35/h4-14H,15H2,1-3H3,(H,30,35)(H2,31,32,36). The third-order valence-electron chi connectivity index (χ3n) is 5.98. The maximum atomic E-state index is 15.0. The van der Waals surface area contributed by atoms with Crippen LogP contribution in [0.1, 0.15) is 42.4 Å². The van der Waals surface area contributed by atoms with E-state index in [0.717, 1.165) is 16.8 Å². The van der Waals surface area contributed by atoms with Gasteiger partial charge in [0, 0.05) is 29.8 Å². The van der Waals surface area contributed by atoms with Crippen molar-refractivity contribution in [1.82, 2.24) is 20.1 Å². The number of halogens is 1. The number of pyridine rings is 1. The Balaban J connectivity index is 1.38. The van der Waals surface area contributed by atoms with Crippen LogP contribution in [0.15, 0.2) is 67.0 Å². The van der Waals surface area contributed by atoms with Gasteiger partial charge in [0.2, 0.25) is 0 Å². The summed E-state index contributed by atoms with van der Waals surface area (Å²) in [4.78, 5) is 28.9. The molecule has 3 N–H and O–H groups in total. The van der Waals surface area contributed by atoms with Crippen molar-refractivity contribution in [2.45, 2.75) is 32.7 Å². The molecule has 36 heavy (non-hydrogen) atoms. The Bertz CT molecular complexity index is 1470. The lowest BCUT2D eigenvalue weighted by molar-refractivity contribution is 0.0965. The lowest BCUT2D eigenvalue weighted by Gasteiger charge is -2.14. The van der Waals surface area contributed by atoms with Gasteiger partial charge in [-0.25, -0.2) is 13.9 Å². The van der Waals surface area contributed by atoms with Gasteiger partial charge in [0.15, 0.2) is 0 Å². The number of rotatable bonds is 4. The Kier molecular flexibility index (Phi) is 5.75. The number of aromatic nitrogens is 3. The van der Waals surface area contributed by atoms with Crippen LogP contribution in [-0.4, -0.2) is 26.7 Å². The fourth-order valence-corrected chi connectivity index (χ4v) is 4.09. The summed E-state index contributed by atoms with van der Waals surface area (Å²) in [6.45, 7) is 6.48. The van der Waals surface area contributed by atoms with Crippen LogP contribution < -0.4 is 16.0 Å². The van der Waals surface area contributed by atoms with E-state index in [0.29, 0.717) is 29.2 Å². The lowest BCUT2D eigenvalue weighted by Crippen LogP contribution is -2.22. The van der Waals surface area contributed by atoms with Crippen LogP contribution in [0.5, 0.6) is 0 Å². The maximum absolute atomic E-state index is 15.0. The van der Waals surface area contributed by atoms with Crippen LogP contribution in [0.3, 0.4) is 0 Å². The van der Waals surface area contributed by atoms with E-state index >= 15 is 4.39 Å². The number of amides is 3. The number of nitrogens with zero attached hydrogens (tertiary/aromatic N) is 3. The van der Waals surface area contributed by atoms with Gasteiger partial charge in [-0.05, 0) is 47.0 Å². The Morgan fingerprint density at radius 3 is 2.58 bits per heavy atom. The van der Waals surface area contributed by atoms with Crippen molar-refractivity contribution in [2.24, 2.45) is 0 Å². The Labute approximate surface area is 207 Å². The third kappa shape index (κ3) is 4.43. The van der Waals surface area contributed by atoms with Crippen molar-refractivity contribution in [3.8, 4) is 16.8 Å². The lowest BCUT2D eigenvalue weighted by atomic mass is 9.92. The highest BCUT2D eigenvalue weighted by molar-refractivity contribution is 6.01. The number of fused-ring (bicyclic) bond motifs is 1. The van der Waals surface area contributed by atoms with Crippen molar-refractivity contribution in [2.75, 3.05) is 10.6 Å². The molecule has 9 heteroatoms. The molecule has 0 unspecified atom stereocenters. The molecule has 8 nitrogen and oxygen atoms in total. The maximum Gasteiger partial charge on any atom is 0.324 e. The van der Waals surface area contributed by atoms with Gasteiger partial charge in [-0.3, -0.25) is 15.1 Å². The normalized spacial score (nSPS) is 12.7. The van der Waals surface area contributed by atoms with Crippen molar-refractivity contribution >= 4 is 23.4 Å². The zero-order chi connectivity index (χ0) is 25.4. The molecule has 182 valence electrons. The molecular formula is C27H25FN6O2. The minimum atomic E-state index is -0.609. The first-order valence-corrected chi connectivity index (χ1v) is 11.5. The molecule has 0 radical (unpaired) electrons. The van der Waals surface area contributed by atoms with Gasteiger partial charge in [-0.2, -0.15) is 5.10 Å². The van der Waals surface area contributed by atoms with Crippen molar-refractivity contribution in [3.05, 3.63) is 89.6 Å². The van der Waals surface area contributed by atoms with Gasteiger partial charge in [0.1, 0.15) is 11.6 Å². The smallest absolute Gasteiger partial charge is 0.324 e. The van der Waals surface area contributed by atoms with Crippen LogP contribution in [0.25, 0.3) is 16.8 Å². The van der Waals surface area contributed by atoms with Gasteiger partial charge >= 0.3 is 6.03 Å². The van der Waals surface area contributed by atoms with Gasteiger partial charge in [0.25, 0.3) is 5.91 Å². The predicted octanol–water partition coefficient (Wildman–Crippen LogP) is 5.26. The first-order chi connectivity index (χ1) is 17.2. The molecule has 0 fully saturated rings. The molecule has 0 saturated heterocycles. The molecule has 3 amide bonds. The monoisotopic (exact) mass is 484 g/mol. The summed E-state index contributed by atoms with van der Waals surface area (Å²) < 4.78 is 16.6. The summed E-state index contributed by atoms with van der Waals surface area (Å²) in [7, 11) is 0. The molecule has 1 aliphatic heterocycles. The molecule has 0 aliphatic carbocycles. The Morgan fingerprint density at radius 1 is 1.06 bits per heavy atom. The van der Waals surface area contributed by atoms with Crippen molar-refractivity contribution in [1.29, 1.82) is 0 Å². The van der Waals surface area contributed by atoms with Crippen LogP contribution in [0, 0.1) is 5.82 Å². The molecule has 3 heterocycles. The topological polar surface area (TPSA) is 101 Å². The van der Waals surface area contributed by atoms with E-state index in [-0.39, 0.29) is 17.0 Å². The van der Waals surface area contributed by atoms with Crippen molar-refractivity contribution in [3.63, 3.8) is 0 Å². The number of hydrogen-bond donors (Lipinski definition) is 3. The second-order valence-corrected chi connectivity index (χ2v) is 9.58. The van der Waals surface area contributed by atoms with E-state index < -0.39 is 11.8 Å². The molecule has 0 spiro atoms. The van der Waals surface area contributed by atoms with E-state index in [1.165, 1.54) is 12.1 Å². The van der Waals surface area contributed by atoms with Crippen LogP contribution >= 0.6 is 0 Å². The second kappa shape index (κ2) is 8.92. The van der Waals surface area contributed by atoms with Gasteiger partial charge in [-0.15, -0.1) is 0 Å². The zero-order valence-corrected chi connectivity index (χ0v) is 20.1. The number of carbonyl (C=O) groups is 2. The molecule has 0 bridgehead atoms. The number of carbonyl (C=O) groups excluding carboxylic acids is 2. The molecular weight excluding hydrogens is 459 g/mol. The fourth-order valence-electron chi connectivity index (χ4n) is 4.09. The Hall–Kier alpha value is -4.53. The van der Waals surface area contributed by atoms with E-state index in [1.807, 2.05) is 32.9 Å². The van der Waals surface area contributed by atoms with E-state index in [9.17, 15) is 9.59 Å². The van der Waals surface area contributed by atoms with Gasteiger partial charge in [-0.1, -0.05) is 39.0 Å². The van der Waals surface area contributed by atoms with Crippen LogP contribution in [0.4, 0.5) is 20.7 Å². The molecule has 0 atom stereocenters. The molecule has 2 aromatic carbocycles. The second-order valence-electron chi connectivity index (χ2n) is 9.58. The van der Waals surface area contributed by atoms with Gasteiger partial charge < -0.3 is 10.6 Å². The zero-order valence-electron chi connectivity index (χ0n) is 20.1. The highest BCUT2D eigenvalue weighted by atomic mass is 19.1. The van der Waals surface area contributed by atoms with Crippen molar-refractivity contribution < 1.29 is 14.0 Å². The third-order valence-corrected chi connectivity index (χ3v) is 5.98. The largest absolute Gasteiger partial charge is 0.348 e. The van der Waals surface area contributed by atoms with Crippen LogP contribution in [0.2, 0.25) is 0 Å². The SMILES string of the molecule is CC(C)(C)c1cc(NC(=O)Nc2ccc(-c3cccc4c3CNC4=O)cc2F)n(-c2cccnc2)n1. The highest BCUT2D eigenvalue weighted by Crippen LogP contribution is 2.31. The number of anilines is 2. The summed E-state index contributed by atoms with van der Waals surface area (Å²) >= 11 is 0. The molecule has 0 saturated carbocycles. The number of urea groups is 1. The first-order valence-electron chi connectivity index (χ1n) is 11.5. The van der Waals surface area contributed by atoms with Gasteiger partial charge in [0.05, 0.1) is 23.3 Å². The molecule has 4 aromatic rings. The van der Waals surface area contributed by atoms with E-state index in [2.05, 4.69) is 26.0 Å². The number of benzene rings is 2. The first kappa shape index (κ1) is 23.2. The number of hydrogen-bond acceptors (Lipinski definition) is 4. The average Bonchev–Trinajstić information content (AvgIpc) is 3.45. The minimum Gasteiger partial charge on any atom is -0.348 e. The summed E-state index contributed by atoms with van der Waals surface area (Å²) in [6.07, 6.45) is 3.30. The molecule has 2 aromatic heterocycles. The summed E-state index contributed by atoms with van der Waals surface area (Å²) in [6, 6.07) is 14.7. The molecule has 5 rings (SSSR count). The Morgan fingerprint density at radius 2 is 1.86 bits per heavy atom. The summed E-state index contributed by atoms with van der Waals surface area (Å²) in [5.41, 5.74) is 4.06. The molecule has 1 aliphatic rings. The quantitative estimate of drug-likeness (QED) is 0.368. The number of nitrogens with one attached hydrogen (secondary N) is 3. The highest BCUT2D eigenvalue weighted by Gasteiger charge is 2.23.